The lowest BCUT2D eigenvalue weighted by Crippen LogP contribution is -2.73. The van der Waals surface area contributed by atoms with Gasteiger partial charge in [0.15, 0.2) is 17.9 Å². The van der Waals surface area contributed by atoms with Crippen molar-refractivity contribution in [1.82, 2.24) is 0 Å². The maximum absolute atomic E-state index is 14.1. The van der Waals surface area contributed by atoms with Gasteiger partial charge in [-0.05, 0) is 26.7 Å². The molecule has 0 saturated carbocycles. The number of carbonyl (C=O) groups excluding carboxylic acids is 1. The Labute approximate surface area is 266 Å². The fourth-order valence-electron chi connectivity index (χ4n) is 6.46. The van der Waals surface area contributed by atoms with Crippen molar-refractivity contribution in [2.45, 2.75) is 185 Å². The molecule has 0 spiro atoms. The van der Waals surface area contributed by atoms with Crippen molar-refractivity contribution in [1.29, 1.82) is 0 Å². The third-order valence-electron chi connectivity index (χ3n) is 9.40. The predicted molar refractivity (Wildman–Crippen MR) is 162 cm³/mol. The molecule has 0 radical (unpaired) electrons. The molecule has 2 saturated heterocycles. The highest BCUT2D eigenvalue weighted by molar-refractivity contribution is 6.05. The number of rotatable bonds is 20. The van der Waals surface area contributed by atoms with Crippen molar-refractivity contribution in [3.63, 3.8) is 0 Å². The number of unbranched alkanes of at least 4 members (excludes halogenated alkanes) is 10. The van der Waals surface area contributed by atoms with Crippen LogP contribution in [0.4, 0.5) is 0 Å². The minimum Gasteiger partial charge on any atom is -0.480 e. The van der Waals surface area contributed by atoms with E-state index in [9.17, 15) is 50.4 Å². The third kappa shape index (κ3) is 9.43. The Morgan fingerprint density at radius 3 is 1.71 bits per heavy atom. The van der Waals surface area contributed by atoms with Gasteiger partial charge in [0, 0.05) is 12.8 Å². The van der Waals surface area contributed by atoms with E-state index < -0.39 is 90.6 Å². The minimum absolute atomic E-state index is 0.178. The van der Waals surface area contributed by atoms with Crippen LogP contribution in [0.25, 0.3) is 0 Å². The van der Waals surface area contributed by atoms with Gasteiger partial charge in [0.05, 0.1) is 12.2 Å². The summed E-state index contributed by atoms with van der Waals surface area (Å²) in [6.45, 7) is 6.82. The summed E-state index contributed by atoms with van der Waals surface area (Å²) in [5.41, 5.74) is -3.08. The number of hydrogen-bond acceptors (Lipinski definition) is 12. The molecule has 0 bridgehead atoms. The highest BCUT2D eigenvalue weighted by atomic mass is 16.7. The Kier molecular flexibility index (Phi) is 16.3. The maximum Gasteiger partial charge on any atom is 0.325 e. The molecule has 0 amide bonds. The van der Waals surface area contributed by atoms with Crippen LogP contribution in [0.15, 0.2) is 0 Å². The Hall–Kier alpha value is -1.26. The van der Waals surface area contributed by atoms with Gasteiger partial charge in [-0.1, -0.05) is 78.1 Å². The summed E-state index contributed by atoms with van der Waals surface area (Å²) in [6, 6.07) is 0. The van der Waals surface area contributed by atoms with Gasteiger partial charge >= 0.3 is 5.97 Å². The highest BCUT2D eigenvalue weighted by Gasteiger charge is 2.70. The number of aliphatic carboxylic acids is 1. The number of aliphatic hydroxyl groups excluding tert-OH is 5. The number of carboxylic acids is 1. The van der Waals surface area contributed by atoms with Crippen LogP contribution in [0.3, 0.4) is 0 Å². The Morgan fingerprint density at radius 1 is 0.667 bits per heavy atom. The van der Waals surface area contributed by atoms with E-state index in [2.05, 4.69) is 6.92 Å². The topological polar surface area (TPSA) is 224 Å². The Morgan fingerprint density at radius 2 is 1.16 bits per heavy atom. The SMILES string of the molecule is CCCCCCCCCC(=O)C(C(=O)O)([C@@H]1O[C@@H](C)[C@H](O)[C@@H](O)[C@H]1O[C@@H]1O[C@@H](C)[C@H](O)[C@@H](O)[C@H]1O)C(O)(O)CCCCCCC. The van der Waals surface area contributed by atoms with E-state index in [-0.39, 0.29) is 19.3 Å². The zero-order valence-corrected chi connectivity index (χ0v) is 27.3. The molecule has 8 N–H and O–H groups in total. The van der Waals surface area contributed by atoms with Gasteiger partial charge < -0.3 is 55.1 Å². The van der Waals surface area contributed by atoms with Gasteiger partial charge in [0.2, 0.25) is 5.41 Å². The lowest BCUT2D eigenvalue weighted by Gasteiger charge is -2.52. The number of hydrogen-bond donors (Lipinski definition) is 8. The van der Waals surface area contributed by atoms with E-state index >= 15 is 0 Å². The largest absolute Gasteiger partial charge is 0.480 e. The first-order valence-corrected chi connectivity index (χ1v) is 16.8. The molecule has 264 valence electrons. The summed E-state index contributed by atoms with van der Waals surface area (Å²) in [4.78, 5) is 27.5. The molecular weight excluding hydrogens is 592 g/mol. The first-order valence-electron chi connectivity index (χ1n) is 16.8. The molecule has 1 unspecified atom stereocenters. The molecule has 2 aliphatic rings. The third-order valence-corrected chi connectivity index (χ3v) is 9.40. The van der Waals surface area contributed by atoms with Crippen LogP contribution in [0.1, 0.15) is 118 Å². The second-order valence-corrected chi connectivity index (χ2v) is 12.9. The van der Waals surface area contributed by atoms with E-state index in [1.54, 1.807) is 0 Å². The second-order valence-electron chi connectivity index (χ2n) is 12.9. The van der Waals surface area contributed by atoms with Gasteiger partial charge in [-0.2, -0.15) is 0 Å². The van der Waals surface area contributed by atoms with Crippen molar-refractivity contribution in [3.8, 4) is 0 Å². The van der Waals surface area contributed by atoms with Gasteiger partial charge in [-0.3, -0.25) is 9.59 Å². The molecule has 2 fully saturated rings. The number of ketones is 1. The van der Waals surface area contributed by atoms with Crippen molar-refractivity contribution < 1.29 is 64.7 Å². The van der Waals surface area contributed by atoms with Crippen LogP contribution < -0.4 is 0 Å². The molecule has 13 nitrogen and oxygen atoms in total. The molecule has 0 aliphatic carbocycles. The molecule has 0 aromatic carbocycles. The fraction of sp³-hybridized carbons (Fsp3) is 0.938. The molecule has 2 rings (SSSR count). The van der Waals surface area contributed by atoms with Crippen molar-refractivity contribution in [3.05, 3.63) is 0 Å². The monoisotopic (exact) mass is 650 g/mol. The van der Waals surface area contributed by atoms with Gasteiger partial charge in [-0.25, -0.2) is 0 Å². The lowest BCUT2D eigenvalue weighted by molar-refractivity contribution is -0.356. The van der Waals surface area contributed by atoms with Gasteiger partial charge in [0.1, 0.15) is 42.7 Å². The normalized spacial score (nSPS) is 33.9. The molecule has 2 heterocycles. The Balaban J connectivity index is 2.53. The second kappa shape index (κ2) is 18.3. The first kappa shape index (κ1) is 39.9. The van der Waals surface area contributed by atoms with Crippen molar-refractivity contribution in [2.24, 2.45) is 5.41 Å². The summed E-state index contributed by atoms with van der Waals surface area (Å²) in [7, 11) is 0. The maximum atomic E-state index is 14.1. The number of Topliss-reactive ketones (excluding diaryl/α,β-unsaturated/α-hetero) is 1. The lowest BCUT2D eigenvalue weighted by atomic mass is 9.64. The van der Waals surface area contributed by atoms with E-state index in [1.807, 2.05) is 6.92 Å². The zero-order valence-electron chi connectivity index (χ0n) is 27.3. The van der Waals surface area contributed by atoms with Crippen LogP contribution in [-0.2, 0) is 23.8 Å². The van der Waals surface area contributed by atoms with Crippen LogP contribution in [-0.4, -0.2) is 120 Å². The molecule has 0 aromatic rings. The Bertz CT molecular complexity index is 900. The number of aliphatic hydroxyl groups is 7. The fourth-order valence-corrected chi connectivity index (χ4v) is 6.46. The van der Waals surface area contributed by atoms with Crippen LogP contribution >= 0.6 is 0 Å². The number of carbonyl (C=O) groups is 2. The summed E-state index contributed by atoms with van der Waals surface area (Å²) >= 11 is 0. The molecule has 45 heavy (non-hydrogen) atoms. The summed E-state index contributed by atoms with van der Waals surface area (Å²) < 4.78 is 17.2. The van der Waals surface area contributed by atoms with Crippen molar-refractivity contribution >= 4 is 11.8 Å². The average Bonchev–Trinajstić information content (AvgIpc) is 2.98. The smallest absolute Gasteiger partial charge is 0.325 e. The molecular formula is C32H58O13. The summed E-state index contributed by atoms with van der Waals surface area (Å²) in [6.07, 6.45) is -8.56. The molecule has 13 heteroatoms. The van der Waals surface area contributed by atoms with Crippen LogP contribution in [0.5, 0.6) is 0 Å². The number of carboxylic acid groups (broad SMARTS) is 1. The predicted octanol–water partition coefficient (Wildman–Crippen LogP) is 1.53. The summed E-state index contributed by atoms with van der Waals surface area (Å²) in [5.74, 6) is -6.12. The van der Waals surface area contributed by atoms with Crippen LogP contribution in [0, 0.1) is 5.41 Å². The van der Waals surface area contributed by atoms with Crippen molar-refractivity contribution in [2.75, 3.05) is 0 Å². The zero-order chi connectivity index (χ0) is 33.9. The highest BCUT2D eigenvalue weighted by Crippen LogP contribution is 2.47. The summed E-state index contributed by atoms with van der Waals surface area (Å²) in [5, 5.41) is 87.0. The van der Waals surface area contributed by atoms with Crippen LogP contribution in [0.2, 0.25) is 0 Å². The number of ether oxygens (including phenoxy) is 3. The van der Waals surface area contributed by atoms with Gasteiger partial charge in [0.25, 0.3) is 0 Å². The average molecular weight is 651 g/mol. The van der Waals surface area contributed by atoms with E-state index in [1.165, 1.54) is 13.8 Å². The molecule has 0 aromatic heterocycles. The minimum atomic E-state index is -3.17. The molecule has 11 atom stereocenters. The van der Waals surface area contributed by atoms with E-state index in [0.717, 1.165) is 51.4 Å². The first-order chi connectivity index (χ1) is 21.2. The van der Waals surface area contributed by atoms with E-state index in [0.29, 0.717) is 12.8 Å². The standard InChI is InChI=1S/C32H58O13/c1-5-7-9-11-12-13-15-17-21(33)32(30(39)40,31(41,42)18-16-14-10-8-6-2)28-27(25(37)23(35)19(3)43-28)45-29-26(38)24(36)22(34)20(4)44-29/h19-20,22-29,34-38,41-42H,5-18H2,1-4H3,(H,39,40)/t19-,20-,22-,23-,24+,25+,26+,27+,28+,29-,32?/m0/s1. The quantitative estimate of drug-likeness (QED) is 0.0532. The molecule has 2 aliphatic heterocycles. The van der Waals surface area contributed by atoms with Gasteiger partial charge in [-0.15, -0.1) is 0 Å². The van der Waals surface area contributed by atoms with E-state index in [4.69, 9.17) is 14.2 Å².